The Morgan fingerprint density at radius 1 is 0.618 bits per heavy atom. The first-order valence-corrected chi connectivity index (χ1v) is 19.3. The highest BCUT2D eigenvalue weighted by atomic mass is 16.5. The van der Waals surface area contributed by atoms with E-state index in [1.807, 2.05) is 6.07 Å². The molecule has 4 unspecified atom stereocenters. The third-order valence-corrected chi connectivity index (χ3v) is 11.7. The van der Waals surface area contributed by atoms with E-state index < -0.39 is 0 Å². The van der Waals surface area contributed by atoms with Gasteiger partial charge in [-0.15, -0.1) is 0 Å². The lowest BCUT2D eigenvalue weighted by molar-refractivity contribution is 0.260. The predicted octanol–water partition coefficient (Wildman–Crippen LogP) is 12.9. The smallest absolute Gasteiger partial charge is 0.196 e. The molecule has 2 aliphatic heterocycles. The van der Waals surface area contributed by atoms with Gasteiger partial charge in [0, 0.05) is 39.6 Å². The van der Waals surface area contributed by atoms with Crippen molar-refractivity contribution in [1.29, 1.82) is 0 Å². The van der Waals surface area contributed by atoms with Gasteiger partial charge in [-0.1, -0.05) is 140 Å². The van der Waals surface area contributed by atoms with Gasteiger partial charge >= 0.3 is 0 Å². The van der Waals surface area contributed by atoms with Crippen LogP contribution in [0.25, 0.3) is 32.7 Å². The molecule has 11 rings (SSSR count). The third-order valence-electron chi connectivity index (χ3n) is 11.7. The number of hydrogen-bond acceptors (Lipinski definition) is 4. The van der Waals surface area contributed by atoms with Gasteiger partial charge in [0.15, 0.2) is 6.23 Å². The monoisotopic (exact) mass is 709 g/mol. The molecule has 1 N–H and O–H groups in total. The lowest BCUT2D eigenvalue weighted by Crippen LogP contribution is -2.29. The fraction of sp³-hybridized carbons (Fsp3) is 0.0980. The van der Waals surface area contributed by atoms with Crippen molar-refractivity contribution in [2.24, 2.45) is 0 Å². The standard InChI is InChI=1S/C51H39N3O/c1-4-12-36(13-5-1)51-52-50-48(55-51)31-25-35-20-21-38-32-42(28-29-43(38)49(35)50)54-46-19-11-10-18-44(46)45-33-37(24-30-47(45)54)34-22-26-41(27-23-34)53(39-14-6-2-7-15-39)40-16-8-3-9-17-40/h1-16,18-33,40,44,46,51-52H,17H2. The van der Waals surface area contributed by atoms with Crippen LogP contribution in [-0.2, 0) is 0 Å². The Hall–Kier alpha value is -6.78. The first kappa shape index (κ1) is 31.7. The van der Waals surface area contributed by atoms with Crippen LogP contribution in [0.1, 0.15) is 29.7 Å². The second-order valence-corrected chi connectivity index (χ2v) is 14.9. The molecule has 4 aliphatic rings. The Morgan fingerprint density at radius 2 is 1.36 bits per heavy atom. The molecule has 4 nitrogen and oxygen atoms in total. The lowest BCUT2D eigenvalue weighted by atomic mass is 9.89. The molecule has 0 saturated carbocycles. The van der Waals surface area contributed by atoms with Gasteiger partial charge in [-0.2, -0.15) is 0 Å². The molecule has 2 heterocycles. The molecule has 0 saturated heterocycles. The first-order chi connectivity index (χ1) is 27.3. The van der Waals surface area contributed by atoms with Gasteiger partial charge in [-0.25, -0.2) is 0 Å². The van der Waals surface area contributed by atoms with Crippen molar-refractivity contribution in [3.8, 4) is 16.9 Å². The van der Waals surface area contributed by atoms with Crippen molar-refractivity contribution in [3.63, 3.8) is 0 Å². The molecule has 7 aromatic carbocycles. The quantitative estimate of drug-likeness (QED) is 0.174. The summed E-state index contributed by atoms with van der Waals surface area (Å²) in [5.41, 5.74) is 10.9. The summed E-state index contributed by atoms with van der Waals surface area (Å²) in [7, 11) is 0. The van der Waals surface area contributed by atoms with Crippen LogP contribution in [0.3, 0.4) is 0 Å². The van der Waals surface area contributed by atoms with E-state index in [0.29, 0.717) is 0 Å². The van der Waals surface area contributed by atoms with Crippen molar-refractivity contribution in [2.45, 2.75) is 30.7 Å². The van der Waals surface area contributed by atoms with E-state index in [-0.39, 0.29) is 24.2 Å². The number of hydrogen-bond donors (Lipinski definition) is 1. The normalized spacial score (nSPS) is 20.3. The Morgan fingerprint density at radius 3 is 2.20 bits per heavy atom. The number of benzene rings is 7. The first-order valence-electron chi connectivity index (χ1n) is 19.3. The Labute approximate surface area is 321 Å². The molecule has 55 heavy (non-hydrogen) atoms. The van der Waals surface area contributed by atoms with Gasteiger partial charge in [-0.3, -0.25) is 0 Å². The maximum Gasteiger partial charge on any atom is 0.196 e. The Kier molecular flexibility index (Phi) is 7.48. The molecule has 4 heteroatoms. The van der Waals surface area contributed by atoms with Crippen LogP contribution in [-0.4, -0.2) is 12.1 Å². The minimum atomic E-state index is -0.205. The van der Waals surface area contributed by atoms with Gasteiger partial charge in [0.05, 0.1) is 17.8 Å². The molecule has 0 bridgehead atoms. The zero-order valence-electron chi connectivity index (χ0n) is 30.3. The molecule has 0 fully saturated rings. The number of anilines is 5. The zero-order chi connectivity index (χ0) is 36.3. The Bertz CT molecular complexity index is 2710. The molecule has 0 radical (unpaired) electrons. The molecular weight excluding hydrogens is 671 g/mol. The van der Waals surface area contributed by atoms with Crippen molar-refractivity contribution >= 4 is 50.0 Å². The third kappa shape index (κ3) is 5.36. The van der Waals surface area contributed by atoms with Crippen LogP contribution in [0, 0.1) is 0 Å². The maximum absolute atomic E-state index is 6.41. The molecule has 4 atom stereocenters. The Balaban J connectivity index is 0.936. The fourth-order valence-corrected chi connectivity index (χ4v) is 9.10. The highest BCUT2D eigenvalue weighted by Crippen LogP contribution is 2.50. The van der Waals surface area contributed by atoms with Crippen LogP contribution < -0.4 is 19.9 Å². The topological polar surface area (TPSA) is 27.7 Å². The number of nitrogens with one attached hydrogen (secondary N) is 1. The second kappa shape index (κ2) is 13.0. The summed E-state index contributed by atoms with van der Waals surface area (Å²) in [6.07, 6.45) is 18.8. The molecule has 0 spiro atoms. The van der Waals surface area contributed by atoms with E-state index in [0.717, 1.165) is 23.4 Å². The minimum Gasteiger partial charge on any atom is -0.464 e. The molecule has 264 valence electrons. The summed E-state index contributed by atoms with van der Waals surface area (Å²) in [6.45, 7) is 0. The average molecular weight is 710 g/mol. The van der Waals surface area contributed by atoms with Crippen molar-refractivity contribution in [2.75, 3.05) is 15.1 Å². The summed E-state index contributed by atoms with van der Waals surface area (Å²) in [6, 6.07) is 53.5. The summed E-state index contributed by atoms with van der Waals surface area (Å²) >= 11 is 0. The summed E-state index contributed by atoms with van der Waals surface area (Å²) in [5.74, 6) is 1.16. The number of nitrogens with zero attached hydrogens (tertiary/aromatic N) is 2. The lowest BCUT2D eigenvalue weighted by Gasteiger charge is -2.32. The van der Waals surface area contributed by atoms with Crippen LogP contribution in [0.15, 0.2) is 194 Å². The van der Waals surface area contributed by atoms with Crippen LogP contribution >= 0.6 is 0 Å². The van der Waals surface area contributed by atoms with Crippen molar-refractivity contribution in [3.05, 3.63) is 205 Å². The van der Waals surface area contributed by atoms with E-state index in [1.165, 1.54) is 61.0 Å². The van der Waals surface area contributed by atoms with Gasteiger partial charge < -0.3 is 19.9 Å². The number of ether oxygens (including phenoxy) is 1. The second-order valence-electron chi connectivity index (χ2n) is 14.9. The number of allylic oxidation sites excluding steroid dienone is 4. The van der Waals surface area contributed by atoms with Crippen molar-refractivity contribution < 1.29 is 4.74 Å². The summed E-state index contributed by atoms with van der Waals surface area (Å²) < 4.78 is 6.41. The number of fused-ring (bicyclic) bond motifs is 8. The molecule has 0 amide bonds. The number of rotatable bonds is 6. The zero-order valence-corrected chi connectivity index (χ0v) is 30.3. The van der Waals surface area contributed by atoms with E-state index in [1.54, 1.807) is 0 Å². The molecular formula is C51H39N3O. The van der Waals surface area contributed by atoms with E-state index in [4.69, 9.17) is 4.74 Å². The van der Waals surface area contributed by atoms with Crippen LogP contribution in [0.5, 0.6) is 5.75 Å². The van der Waals surface area contributed by atoms with Crippen LogP contribution in [0.2, 0.25) is 0 Å². The number of para-hydroxylation sites is 1. The maximum atomic E-state index is 6.41. The fourth-order valence-electron chi connectivity index (χ4n) is 9.10. The van der Waals surface area contributed by atoms with E-state index in [2.05, 4.69) is 203 Å². The van der Waals surface area contributed by atoms with Gasteiger partial charge in [-0.05, 0) is 93.9 Å². The largest absolute Gasteiger partial charge is 0.464 e. The van der Waals surface area contributed by atoms with Crippen LogP contribution in [0.4, 0.5) is 28.4 Å². The highest BCUT2D eigenvalue weighted by Gasteiger charge is 2.38. The molecule has 2 aliphatic carbocycles. The molecule has 0 aromatic heterocycles. The van der Waals surface area contributed by atoms with Gasteiger partial charge in [0.25, 0.3) is 0 Å². The summed E-state index contributed by atoms with van der Waals surface area (Å²) in [4.78, 5) is 4.97. The average Bonchev–Trinajstić information content (AvgIpc) is 3.84. The van der Waals surface area contributed by atoms with E-state index in [9.17, 15) is 0 Å². The van der Waals surface area contributed by atoms with E-state index >= 15 is 0 Å². The SMILES string of the molecule is C1=CCC(N(c2ccccc2)c2ccc(-c3ccc4c(c3)C3C=CC=CC3N4c3ccc4c(ccc5ccc6c(c54)NC(c4ccccc4)O6)c3)cc2)C=C1. The minimum absolute atomic E-state index is 0.205. The summed E-state index contributed by atoms with van der Waals surface area (Å²) in [5, 5.41) is 8.54. The van der Waals surface area contributed by atoms with Crippen molar-refractivity contribution in [1.82, 2.24) is 0 Å². The highest BCUT2D eigenvalue weighted by molar-refractivity contribution is 6.15. The van der Waals surface area contributed by atoms with Gasteiger partial charge in [0.2, 0.25) is 0 Å². The van der Waals surface area contributed by atoms with Gasteiger partial charge in [0.1, 0.15) is 5.75 Å². The molecule has 7 aromatic rings. The predicted molar refractivity (Wildman–Crippen MR) is 229 cm³/mol.